The van der Waals surface area contributed by atoms with Gasteiger partial charge in [-0.15, -0.1) is 12.6 Å². The topological polar surface area (TPSA) is 9.23 Å². The molecule has 3 heteroatoms. The summed E-state index contributed by atoms with van der Waals surface area (Å²) in [5.74, 6) is 0. The van der Waals surface area contributed by atoms with E-state index >= 15 is 0 Å². The highest BCUT2D eigenvalue weighted by atomic mass is 32.1. The molecule has 1 rings (SSSR count). The van der Waals surface area contributed by atoms with E-state index in [1.54, 1.807) is 0 Å². The van der Waals surface area contributed by atoms with Crippen molar-refractivity contribution in [3.05, 3.63) is 29.8 Å². The van der Waals surface area contributed by atoms with Gasteiger partial charge in [0.1, 0.15) is 0 Å². The summed E-state index contributed by atoms with van der Waals surface area (Å²) < 4.78 is 6.13. The maximum absolute atomic E-state index is 6.13. The summed E-state index contributed by atoms with van der Waals surface area (Å²) in [7, 11) is -1.62. The average Bonchev–Trinajstić information content (AvgIpc) is 2.15. The van der Waals surface area contributed by atoms with Crippen LogP contribution in [0.25, 0.3) is 0 Å². The fourth-order valence-corrected chi connectivity index (χ4v) is 2.18. The summed E-state index contributed by atoms with van der Waals surface area (Å²) in [4.78, 5) is 0.996. The second kappa shape index (κ2) is 4.94. The van der Waals surface area contributed by atoms with Crippen molar-refractivity contribution in [2.24, 2.45) is 0 Å². The zero-order valence-electron chi connectivity index (χ0n) is 10.9. The molecule has 1 nitrogen and oxygen atoms in total. The van der Waals surface area contributed by atoms with E-state index in [-0.39, 0.29) is 5.04 Å². The van der Waals surface area contributed by atoms with E-state index in [9.17, 15) is 0 Å². The Bertz CT molecular complexity index is 338. The van der Waals surface area contributed by atoms with Crippen LogP contribution < -0.4 is 0 Å². The Kier molecular flexibility index (Phi) is 4.27. The summed E-state index contributed by atoms with van der Waals surface area (Å²) in [5, 5.41) is 0.274. The number of hydrogen-bond donors (Lipinski definition) is 1. The molecular formula is C13H22OSSi. The standard InChI is InChI=1S/C13H22OSSi/c1-13(2,3)16(4,5)14-10-11-6-8-12(15)9-7-11/h6-9,15H,10H2,1-5H3. The van der Waals surface area contributed by atoms with E-state index < -0.39 is 8.32 Å². The average molecular weight is 254 g/mol. The maximum atomic E-state index is 6.13. The predicted octanol–water partition coefficient (Wildman–Crippen LogP) is 4.50. The van der Waals surface area contributed by atoms with Crippen LogP contribution >= 0.6 is 12.6 Å². The molecule has 1 aromatic carbocycles. The summed E-state index contributed by atoms with van der Waals surface area (Å²) in [6, 6.07) is 8.17. The second-order valence-electron chi connectivity index (χ2n) is 5.72. The van der Waals surface area contributed by atoms with Crippen LogP contribution in [0.5, 0.6) is 0 Å². The highest BCUT2D eigenvalue weighted by Crippen LogP contribution is 2.37. The first kappa shape index (κ1) is 13.8. The van der Waals surface area contributed by atoms with E-state index in [2.05, 4.69) is 58.6 Å². The van der Waals surface area contributed by atoms with Crippen molar-refractivity contribution >= 4 is 20.9 Å². The van der Waals surface area contributed by atoms with Gasteiger partial charge in [0.15, 0.2) is 8.32 Å². The van der Waals surface area contributed by atoms with Crippen LogP contribution in [0.2, 0.25) is 18.1 Å². The van der Waals surface area contributed by atoms with Crippen molar-refractivity contribution in [3.63, 3.8) is 0 Å². The zero-order chi connectivity index (χ0) is 12.4. The molecule has 16 heavy (non-hydrogen) atoms. The van der Waals surface area contributed by atoms with Gasteiger partial charge in [0.2, 0.25) is 0 Å². The highest BCUT2D eigenvalue weighted by Gasteiger charge is 2.36. The molecule has 0 saturated heterocycles. The lowest BCUT2D eigenvalue weighted by molar-refractivity contribution is 0.276. The molecule has 0 aliphatic heterocycles. The van der Waals surface area contributed by atoms with Gasteiger partial charge in [-0.05, 0) is 35.8 Å². The third-order valence-corrected chi connectivity index (χ3v) is 8.12. The number of thiol groups is 1. The Balaban J connectivity index is 2.61. The van der Waals surface area contributed by atoms with E-state index in [1.165, 1.54) is 5.56 Å². The molecule has 0 aromatic heterocycles. The van der Waals surface area contributed by atoms with Gasteiger partial charge in [0, 0.05) is 4.90 Å². The van der Waals surface area contributed by atoms with Gasteiger partial charge in [-0.2, -0.15) is 0 Å². The zero-order valence-corrected chi connectivity index (χ0v) is 12.8. The minimum atomic E-state index is -1.62. The molecule has 90 valence electrons. The second-order valence-corrected chi connectivity index (χ2v) is 11.0. The SMILES string of the molecule is CC(C)(C)[Si](C)(C)OCc1ccc(S)cc1. The van der Waals surface area contributed by atoms with E-state index in [1.807, 2.05) is 12.1 Å². The quantitative estimate of drug-likeness (QED) is 0.617. The summed E-state index contributed by atoms with van der Waals surface area (Å²) >= 11 is 4.27. The molecule has 0 radical (unpaired) electrons. The fourth-order valence-electron chi connectivity index (χ4n) is 1.07. The van der Waals surface area contributed by atoms with Crippen molar-refractivity contribution in [1.29, 1.82) is 0 Å². The van der Waals surface area contributed by atoms with E-state index in [4.69, 9.17) is 4.43 Å². The van der Waals surface area contributed by atoms with E-state index in [0.29, 0.717) is 6.61 Å². The Hall–Kier alpha value is -0.253. The Morgan fingerprint density at radius 1 is 1.12 bits per heavy atom. The summed E-state index contributed by atoms with van der Waals surface area (Å²) in [5.41, 5.74) is 1.22. The van der Waals surface area contributed by atoms with Gasteiger partial charge in [-0.25, -0.2) is 0 Å². The molecule has 0 aliphatic carbocycles. The van der Waals surface area contributed by atoms with Crippen LogP contribution in [0.3, 0.4) is 0 Å². The van der Waals surface area contributed by atoms with Gasteiger partial charge >= 0.3 is 0 Å². The largest absolute Gasteiger partial charge is 0.413 e. The minimum absolute atomic E-state index is 0.274. The Morgan fingerprint density at radius 3 is 2.06 bits per heavy atom. The van der Waals surface area contributed by atoms with Crippen LogP contribution in [0.15, 0.2) is 29.2 Å². The minimum Gasteiger partial charge on any atom is -0.413 e. The third kappa shape index (κ3) is 3.65. The van der Waals surface area contributed by atoms with Crippen molar-refractivity contribution in [1.82, 2.24) is 0 Å². The van der Waals surface area contributed by atoms with E-state index in [0.717, 1.165) is 4.90 Å². The van der Waals surface area contributed by atoms with Gasteiger partial charge < -0.3 is 4.43 Å². The molecule has 0 heterocycles. The molecule has 0 atom stereocenters. The van der Waals surface area contributed by atoms with Crippen LogP contribution in [0.4, 0.5) is 0 Å². The Labute approximate surface area is 106 Å². The van der Waals surface area contributed by atoms with Gasteiger partial charge in [0.05, 0.1) is 6.61 Å². The molecule has 0 fully saturated rings. The maximum Gasteiger partial charge on any atom is 0.192 e. The molecule has 0 amide bonds. The first-order valence-corrected chi connectivity index (χ1v) is 9.00. The van der Waals surface area contributed by atoms with Crippen LogP contribution in [0, 0.1) is 0 Å². The lowest BCUT2D eigenvalue weighted by Gasteiger charge is -2.36. The van der Waals surface area contributed by atoms with Gasteiger partial charge in [0.25, 0.3) is 0 Å². The van der Waals surface area contributed by atoms with Crippen molar-refractivity contribution in [3.8, 4) is 0 Å². The Morgan fingerprint density at radius 2 is 1.62 bits per heavy atom. The monoisotopic (exact) mass is 254 g/mol. The number of rotatable bonds is 3. The van der Waals surface area contributed by atoms with Crippen molar-refractivity contribution < 1.29 is 4.43 Å². The molecule has 0 aliphatic rings. The highest BCUT2D eigenvalue weighted by molar-refractivity contribution is 7.80. The summed E-state index contributed by atoms with van der Waals surface area (Å²) in [6.07, 6.45) is 0. The van der Waals surface area contributed by atoms with Crippen molar-refractivity contribution in [2.75, 3.05) is 0 Å². The lowest BCUT2D eigenvalue weighted by Crippen LogP contribution is -2.40. The molecular weight excluding hydrogens is 232 g/mol. The smallest absolute Gasteiger partial charge is 0.192 e. The third-order valence-electron chi connectivity index (χ3n) is 3.34. The molecule has 0 N–H and O–H groups in total. The van der Waals surface area contributed by atoms with Crippen LogP contribution in [0.1, 0.15) is 26.3 Å². The first-order chi connectivity index (χ1) is 7.22. The molecule has 0 unspecified atom stereocenters. The number of hydrogen-bond acceptors (Lipinski definition) is 2. The lowest BCUT2D eigenvalue weighted by atomic mass is 10.2. The van der Waals surface area contributed by atoms with Gasteiger partial charge in [-0.3, -0.25) is 0 Å². The van der Waals surface area contributed by atoms with Crippen LogP contribution in [-0.2, 0) is 11.0 Å². The fraction of sp³-hybridized carbons (Fsp3) is 0.538. The molecule has 0 bridgehead atoms. The predicted molar refractivity (Wildman–Crippen MR) is 75.7 cm³/mol. The first-order valence-electron chi connectivity index (χ1n) is 5.64. The number of benzene rings is 1. The van der Waals surface area contributed by atoms with Crippen molar-refractivity contribution in [2.45, 2.75) is 50.4 Å². The van der Waals surface area contributed by atoms with Gasteiger partial charge in [-0.1, -0.05) is 32.9 Å². The van der Waals surface area contributed by atoms with Crippen LogP contribution in [-0.4, -0.2) is 8.32 Å². The summed E-state index contributed by atoms with van der Waals surface area (Å²) in [6.45, 7) is 12.0. The normalized spacial score (nSPS) is 12.9. The molecule has 1 aromatic rings. The molecule has 0 spiro atoms. The molecule has 0 saturated carbocycles.